The molecular weight excluding hydrogens is 256 g/mol. The van der Waals surface area contributed by atoms with Crippen molar-refractivity contribution in [1.82, 2.24) is 15.6 Å². The van der Waals surface area contributed by atoms with Crippen molar-refractivity contribution in [3.05, 3.63) is 23.4 Å². The third-order valence-corrected chi connectivity index (χ3v) is 2.40. The summed E-state index contributed by atoms with van der Waals surface area (Å²) in [6, 6.07) is 3.32. The molecule has 0 spiro atoms. The molecule has 0 saturated heterocycles. The van der Waals surface area contributed by atoms with Gasteiger partial charge in [0.2, 0.25) is 5.91 Å². The van der Waals surface area contributed by atoms with Gasteiger partial charge in [-0.1, -0.05) is 0 Å². The zero-order valence-electron chi connectivity index (χ0n) is 12.6. The fourth-order valence-corrected chi connectivity index (χ4v) is 1.65. The average molecular weight is 278 g/mol. The molecule has 1 aromatic rings. The van der Waals surface area contributed by atoms with Crippen LogP contribution in [0.5, 0.6) is 0 Å². The van der Waals surface area contributed by atoms with Crippen molar-refractivity contribution in [3.8, 4) is 0 Å². The predicted molar refractivity (Wildman–Crippen MR) is 78.7 cm³/mol. The highest BCUT2D eigenvalue weighted by Gasteiger charge is 2.15. The van der Waals surface area contributed by atoms with Crippen LogP contribution in [0.1, 0.15) is 36.8 Å². The maximum atomic E-state index is 12.0. The van der Waals surface area contributed by atoms with Crippen molar-refractivity contribution < 1.29 is 9.59 Å². The van der Waals surface area contributed by atoms with Crippen LogP contribution in [0.3, 0.4) is 0 Å². The molecular formula is C14H22N4O2. The predicted octanol–water partition coefficient (Wildman–Crippen LogP) is 1.08. The molecule has 110 valence electrons. The molecule has 0 atom stereocenters. The Morgan fingerprint density at radius 3 is 2.45 bits per heavy atom. The molecule has 0 aliphatic heterocycles. The van der Waals surface area contributed by atoms with E-state index in [1.165, 1.54) is 0 Å². The molecule has 0 fully saturated rings. The van der Waals surface area contributed by atoms with E-state index in [1.54, 1.807) is 19.2 Å². The number of carbonyl (C=O) groups excluding carboxylic acids is 2. The van der Waals surface area contributed by atoms with E-state index in [0.29, 0.717) is 11.4 Å². The van der Waals surface area contributed by atoms with E-state index in [0.717, 1.165) is 5.69 Å². The summed E-state index contributed by atoms with van der Waals surface area (Å²) in [4.78, 5) is 27.8. The Labute approximate surface area is 119 Å². The van der Waals surface area contributed by atoms with Crippen LogP contribution in [0.25, 0.3) is 0 Å². The van der Waals surface area contributed by atoms with Crippen LogP contribution in [0.4, 0.5) is 5.82 Å². The van der Waals surface area contributed by atoms with E-state index in [2.05, 4.69) is 20.9 Å². The first-order chi connectivity index (χ1) is 9.21. The van der Waals surface area contributed by atoms with E-state index in [1.807, 2.05) is 27.7 Å². The van der Waals surface area contributed by atoms with Crippen molar-refractivity contribution in [2.24, 2.45) is 0 Å². The maximum absolute atomic E-state index is 12.0. The fraction of sp³-hybridized carbons (Fsp3) is 0.500. The molecule has 0 radical (unpaired) electrons. The van der Waals surface area contributed by atoms with Gasteiger partial charge in [-0.3, -0.25) is 9.59 Å². The highest BCUT2D eigenvalue weighted by atomic mass is 16.2. The summed E-state index contributed by atoms with van der Waals surface area (Å²) in [5.74, 6) is 0.107. The third-order valence-electron chi connectivity index (χ3n) is 2.40. The van der Waals surface area contributed by atoms with E-state index in [9.17, 15) is 9.59 Å². The smallest absolute Gasteiger partial charge is 0.251 e. The van der Waals surface area contributed by atoms with Crippen molar-refractivity contribution in [1.29, 1.82) is 0 Å². The number of carbonyl (C=O) groups is 2. The second-order valence-electron chi connectivity index (χ2n) is 5.61. The largest absolute Gasteiger partial charge is 0.373 e. The number of amides is 2. The Bertz CT molecular complexity index is 506. The first-order valence-electron chi connectivity index (χ1n) is 6.47. The zero-order chi connectivity index (χ0) is 15.3. The minimum atomic E-state index is -0.311. The number of aromatic nitrogens is 1. The molecule has 0 aromatic carbocycles. The molecule has 6 nitrogen and oxygen atoms in total. The summed E-state index contributed by atoms with van der Waals surface area (Å²) < 4.78 is 0. The van der Waals surface area contributed by atoms with Gasteiger partial charge in [0.15, 0.2) is 0 Å². The number of aryl methyl sites for hydroxylation is 1. The topological polar surface area (TPSA) is 83.1 Å². The average Bonchev–Trinajstić information content (AvgIpc) is 2.33. The summed E-state index contributed by atoms with van der Waals surface area (Å²) >= 11 is 0. The van der Waals surface area contributed by atoms with Crippen LogP contribution >= 0.6 is 0 Å². The number of nitrogens with zero attached hydrogens (tertiary/aromatic N) is 1. The quantitative estimate of drug-likeness (QED) is 0.769. The van der Waals surface area contributed by atoms with Crippen LogP contribution in [-0.4, -0.2) is 35.9 Å². The molecule has 0 saturated carbocycles. The van der Waals surface area contributed by atoms with Gasteiger partial charge < -0.3 is 16.0 Å². The first-order valence-corrected chi connectivity index (χ1v) is 6.47. The van der Waals surface area contributed by atoms with Gasteiger partial charge >= 0.3 is 0 Å². The number of hydrogen-bond donors (Lipinski definition) is 3. The standard InChI is InChI=1S/C14H22N4O2/c1-9-6-10(7-11(15-5)17-9)13(20)16-8-12(19)18-14(2,3)4/h6-7H,8H2,1-5H3,(H,15,17)(H,16,20)(H,18,19). The second-order valence-corrected chi connectivity index (χ2v) is 5.61. The Morgan fingerprint density at radius 1 is 1.25 bits per heavy atom. The van der Waals surface area contributed by atoms with Crippen LogP contribution in [0, 0.1) is 6.92 Å². The van der Waals surface area contributed by atoms with Gasteiger partial charge in [-0.05, 0) is 39.8 Å². The summed E-state index contributed by atoms with van der Waals surface area (Å²) in [5.41, 5.74) is 0.903. The minimum absolute atomic E-state index is 0.0492. The molecule has 20 heavy (non-hydrogen) atoms. The van der Waals surface area contributed by atoms with E-state index in [4.69, 9.17) is 0 Å². The van der Waals surface area contributed by atoms with Gasteiger partial charge in [0.05, 0.1) is 6.54 Å². The van der Waals surface area contributed by atoms with Crippen molar-refractivity contribution in [2.75, 3.05) is 18.9 Å². The summed E-state index contributed by atoms with van der Waals surface area (Å²) in [6.45, 7) is 7.42. The minimum Gasteiger partial charge on any atom is -0.373 e. The fourth-order valence-electron chi connectivity index (χ4n) is 1.65. The summed E-state index contributed by atoms with van der Waals surface area (Å²) in [6.07, 6.45) is 0. The molecule has 0 unspecified atom stereocenters. The van der Waals surface area contributed by atoms with Gasteiger partial charge in [0, 0.05) is 23.8 Å². The molecule has 1 aromatic heterocycles. The summed E-state index contributed by atoms with van der Waals surface area (Å²) in [7, 11) is 1.74. The molecule has 3 N–H and O–H groups in total. The SMILES string of the molecule is CNc1cc(C(=O)NCC(=O)NC(C)(C)C)cc(C)n1. The molecule has 0 aliphatic rings. The van der Waals surface area contributed by atoms with E-state index < -0.39 is 0 Å². The molecule has 6 heteroatoms. The van der Waals surface area contributed by atoms with Gasteiger partial charge in [-0.15, -0.1) is 0 Å². The normalized spacial score (nSPS) is 10.8. The number of hydrogen-bond acceptors (Lipinski definition) is 4. The molecule has 0 aliphatic carbocycles. The number of rotatable bonds is 4. The highest BCUT2D eigenvalue weighted by Crippen LogP contribution is 2.09. The number of pyridine rings is 1. The Kier molecular flexibility index (Phi) is 5.07. The third kappa shape index (κ3) is 5.26. The first kappa shape index (κ1) is 15.9. The Balaban J connectivity index is 2.63. The highest BCUT2D eigenvalue weighted by molar-refractivity contribution is 5.97. The van der Waals surface area contributed by atoms with Crippen LogP contribution < -0.4 is 16.0 Å². The van der Waals surface area contributed by atoms with E-state index in [-0.39, 0.29) is 23.9 Å². The lowest BCUT2D eigenvalue weighted by molar-refractivity contribution is -0.121. The number of nitrogens with one attached hydrogen (secondary N) is 3. The van der Waals surface area contributed by atoms with Crippen LogP contribution in [0.2, 0.25) is 0 Å². The maximum Gasteiger partial charge on any atom is 0.251 e. The monoisotopic (exact) mass is 278 g/mol. The van der Waals surface area contributed by atoms with Gasteiger partial charge in [0.1, 0.15) is 5.82 Å². The van der Waals surface area contributed by atoms with E-state index >= 15 is 0 Å². The zero-order valence-corrected chi connectivity index (χ0v) is 12.6. The Hall–Kier alpha value is -2.11. The van der Waals surface area contributed by atoms with Crippen molar-refractivity contribution >= 4 is 17.6 Å². The van der Waals surface area contributed by atoms with Crippen molar-refractivity contribution in [2.45, 2.75) is 33.2 Å². The molecule has 1 heterocycles. The Morgan fingerprint density at radius 2 is 1.90 bits per heavy atom. The lowest BCUT2D eigenvalue weighted by Crippen LogP contribution is -2.45. The van der Waals surface area contributed by atoms with Gasteiger partial charge in [0.25, 0.3) is 5.91 Å². The number of anilines is 1. The van der Waals surface area contributed by atoms with Crippen molar-refractivity contribution in [3.63, 3.8) is 0 Å². The van der Waals surface area contributed by atoms with Crippen LogP contribution in [-0.2, 0) is 4.79 Å². The lowest BCUT2D eigenvalue weighted by Gasteiger charge is -2.20. The van der Waals surface area contributed by atoms with Crippen LogP contribution in [0.15, 0.2) is 12.1 Å². The second kappa shape index (κ2) is 6.36. The molecule has 0 bridgehead atoms. The molecule has 1 rings (SSSR count). The molecule has 2 amide bonds. The lowest BCUT2D eigenvalue weighted by atomic mass is 10.1. The summed E-state index contributed by atoms with van der Waals surface area (Å²) in [5, 5.41) is 8.26. The van der Waals surface area contributed by atoms with Gasteiger partial charge in [-0.25, -0.2) is 4.98 Å². The van der Waals surface area contributed by atoms with Gasteiger partial charge in [-0.2, -0.15) is 0 Å².